The molecule has 0 aliphatic carbocycles. The number of fused-ring (bicyclic) bond motifs is 1. The second-order valence-electron chi connectivity index (χ2n) is 10.1. The average molecular weight is 541 g/mol. The lowest BCUT2D eigenvalue weighted by Gasteiger charge is -2.18. The second kappa shape index (κ2) is 12.5. The SMILES string of the molecule is CSCCCOc1cc(C)c(-c2cc(COc3ccc4c(c3)OC(C)C4)ccc2Oc2ccccc2)c(C)c1. The summed E-state index contributed by atoms with van der Waals surface area (Å²) in [5.41, 5.74) is 6.79. The van der Waals surface area contributed by atoms with Gasteiger partial charge in [0, 0.05) is 18.1 Å². The third kappa shape index (κ3) is 6.72. The number of benzene rings is 4. The molecule has 1 aliphatic heterocycles. The summed E-state index contributed by atoms with van der Waals surface area (Å²) in [4.78, 5) is 0. The van der Waals surface area contributed by atoms with Crippen LogP contribution in [0.15, 0.2) is 78.9 Å². The predicted molar refractivity (Wildman–Crippen MR) is 161 cm³/mol. The van der Waals surface area contributed by atoms with Crippen LogP contribution in [0.5, 0.6) is 28.7 Å². The van der Waals surface area contributed by atoms with Crippen LogP contribution < -0.4 is 18.9 Å². The first-order valence-electron chi connectivity index (χ1n) is 13.5. The first-order valence-corrected chi connectivity index (χ1v) is 14.9. The Morgan fingerprint density at radius 3 is 2.41 bits per heavy atom. The van der Waals surface area contributed by atoms with Crippen LogP contribution in [0.3, 0.4) is 0 Å². The zero-order valence-corrected chi connectivity index (χ0v) is 24.0. The molecule has 4 nitrogen and oxygen atoms in total. The molecular weight excluding hydrogens is 504 g/mol. The number of para-hydroxylation sites is 1. The lowest BCUT2D eigenvalue weighted by atomic mass is 9.93. The van der Waals surface area contributed by atoms with Crippen molar-refractivity contribution in [1.29, 1.82) is 0 Å². The Morgan fingerprint density at radius 2 is 1.64 bits per heavy atom. The first kappa shape index (κ1) is 27.0. The molecule has 4 aromatic carbocycles. The Labute approximate surface area is 236 Å². The molecule has 0 bridgehead atoms. The lowest BCUT2D eigenvalue weighted by molar-refractivity contribution is 0.252. The van der Waals surface area contributed by atoms with E-state index in [0.29, 0.717) is 6.61 Å². The van der Waals surface area contributed by atoms with Gasteiger partial charge in [0.1, 0.15) is 41.5 Å². The van der Waals surface area contributed by atoms with Crippen molar-refractivity contribution in [2.24, 2.45) is 0 Å². The van der Waals surface area contributed by atoms with Crippen molar-refractivity contribution in [2.45, 2.75) is 46.3 Å². The van der Waals surface area contributed by atoms with E-state index in [4.69, 9.17) is 18.9 Å². The van der Waals surface area contributed by atoms with Crippen LogP contribution in [0.2, 0.25) is 0 Å². The molecule has 0 spiro atoms. The minimum absolute atomic E-state index is 0.216. The molecule has 0 aromatic heterocycles. The van der Waals surface area contributed by atoms with E-state index in [2.05, 4.69) is 57.4 Å². The molecule has 0 saturated carbocycles. The number of ether oxygens (including phenoxy) is 4. The molecule has 0 N–H and O–H groups in total. The smallest absolute Gasteiger partial charge is 0.135 e. The van der Waals surface area contributed by atoms with E-state index in [1.807, 2.05) is 60.3 Å². The van der Waals surface area contributed by atoms with Crippen LogP contribution in [0.25, 0.3) is 11.1 Å². The summed E-state index contributed by atoms with van der Waals surface area (Å²) < 4.78 is 24.6. The molecule has 1 heterocycles. The van der Waals surface area contributed by atoms with Crippen LogP contribution in [-0.2, 0) is 13.0 Å². The average Bonchev–Trinajstić information content (AvgIpc) is 3.30. The van der Waals surface area contributed by atoms with Crippen LogP contribution in [0.4, 0.5) is 0 Å². The van der Waals surface area contributed by atoms with E-state index in [1.54, 1.807) is 0 Å². The Balaban J connectivity index is 1.42. The van der Waals surface area contributed by atoms with E-state index in [0.717, 1.165) is 81.8 Å². The van der Waals surface area contributed by atoms with Crippen LogP contribution >= 0.6 is 11.8 Å². The Bertz CT molecular complexity index is 1390. The maximum atomic E-state index is 6.38. The molecule has 1 aliphatic rings. The molecule has 4 aromatic rings. The molecule has 0 fully saturated rings. The van der Waals surface area contributed by atoms with E-state index < -0.39 is 0 Å². The van der Waals surface area contributed by atoms with Crippen molar-refractivity contribution in [1.82, 2.24) is 0 Å². The summed E-state index contributed by atoms with van der Waals surface area (Å²) >= 11 is 1.84. The van der Waals surface area contributed by atoms with Gasteiger partial charge in [-0.2, -0.15) is 11.8 Å². The first-order chi connectivity index (χ1) is 19.0. The van der Waals surface area contributed by atoms with Gasteiger partial charge in [-0.05, 0) is 109 Å². The maximum Gasteiger partial charge on any atom is 0.135 e. The number of hydrogen-bond acceptors (Lipinski definition) is 5. The number of thioether (sulfide) groups is 1. The fraction of sp³-hybridized carbons (Fsp3) is 0.294. The van der Waals surface area contributed by atoms with Crippen molar-refractivity contribution < 1.29 is 18.9 Å². The molecule has 0 saturated heterocycles. The zero-order valence-electron chi connectivity index (χ0n) is 23.2. The van der Waals surface area contributed by atoms with E-state index >= 15 is 0 Å². The topological polar surface area (TPSA) is 36.9 Å². The Kier molecular flexibility index (Phi) is 8.67. The second-order valence-corrected chi connectivity index (χ2v) is 11.0. The van der Waals surface area contributed by atoms with Gasteiger partial charge in [-0.25, -0.2) is 0 Å². The van der Waals surface area contributed by atoms with Crippen molar-refractivity contribution >= 4 is 11.8 Å². The van der Waals surface area contributed by atoms with E-state index in [1.165, 1.54) is 5.56 Å². The standard InChI is InChI=1S/C34H36O4S/c1-23-17-30(35-15-8-16-39-4)18-24(2)34(23)31-20-26(11-14-32(31)38-28-9-6-5-7-10-28)22-36-29-13-12-27-19-25(3)37-33(27)21-29/h5-7,9-14,17-18,20-21,25H,8,15-16,19,22H2,1-4H3. The van der Waals surface area contributed by atoms with Gasteiger partial charge in [-0.1, -0.05) is 30.3 Å². The summed E-state index contributed by atoms with van der Waals surface area (Å²) in [5.74, 6) is 5.36. The molecular formula is C34H36O4S. The van der Waals surface area contributed by atoms with Gasteiger partial charge in [-0.3, -0.25) is 0 Å². The number of rotatable bonds is 11. The minimum atomic E-state index is 0.216. The fourth-order valence-corrected chi connectivity index (χ4v) is 5.44. The van der Waals surface area contributed by atoms with E-state index in [-0.39, 0.29) is 6.10 Å². The number of hydrogen-bond donors (Lipinski definition) is 0. The van der Waals surface area contributed by atoms with Crippen molar-refractivity contribution in [3.8, 4) is 39.9 Å². The predicted octanol–water partition coefficient (Wildman–Crippen LogP) is 8.80. The van der Waals surface area contributed by atoms with Crippen molar-refractivity contribution in [2.75, 3.05) is 18.6 Å². The summed E-state index contributed by atoms with van der Waals surface area (Å²) in [5, 5.41) is 0. The summed E-state index contributed by atoms with van der Waals surface area (Å²) in [7, 11) is 0. The van der Waals surface area contributed by atoms with Crippen molar-refractivity contribution in [3.63, 3.8) is 0 Å². The van der Waals surface area contributed by atoms with Gasteiger partial charge >= 0.3 is 0 Å². The molecule has 39 heavy (non-hydrogen) atoms. The molecule has 202 valence electrons. The Morgan fingerprint density at radius 1 is 0.846 bits per heavy atom. The highest BCUT2D eigenvalue weighted by Gasteiger charge is 2.20. The largest absolute Gasteiger partial charge is 0.494 e. The highest BCUT2D eigenvalue weighted by atomic mass is 32.2. The summed E-state index contributed by atoms with van der Waals surface area (Å²) in [6.45, 7) is 7.54. The normalized spacial score (nSPS) is 14.0. The molecule has 5 heteroatoms. The lowest BCUT2D eigenvalue weighted by Crippen LogP contribution is -2.05. The van der Waals surface area contributed by atoms with Gasteiger partial charge < -0.3 is 18.9 Å². The molecule has 5 rings (SSSR count). The number of aryl methyl sites for hydroxylation is 2. The van der Waals surface area contributed by atoms with E-state index in [9.17, 15) is 0 Å². The molecule has 1 atom stereocenters. The van der Waals surface area contributed by atoms with Gasteiger partial charge in [0.05, 0.1) is 6.61 Å². The maximum absolute atomic E-state index is 6.38. The summed E-state index contributed by atoms with van der Waals surface area (Å²) in [6.07, 6.45) is 4.32. The Hall–Kier alpha value is -3.57. The monoisotopic (exact) mass is 540 g/mol. The molecule has 1 unspecified atom stereocenters. The highest BCUT2D eigenvalue weighted by Crippen LogP contribution is 2.40. The highest BCUT2D eigenvalue weighted by molar-refractivity contribution is 7.98. The summed E-state index contributed by atoms with van der Waals surface area (Å²) in [6, 6.07) is 26.6. The van der Waals surface area contributed by atoms with Crippen LogP contribution in [-0.4, -0.2) is 24.7 Å². The van der Waals surface area contributed by atoms with Gasteiger partial charge in [0.2, 0.25) is 0 Å². The van der Waals surface area contributed by atoms with Crippen LogP contribution in [0, 0.1) is 13.8 Å². The quantitative estimate of drug-likeness (QED) is 0.178. The van der Waals surface area contributed by atoms with Gasteiger partial charge in [-0.15, -0.1) is 0 Å². The van der Waals surface area contributed by atoms with Gasteiger partial charge in [0.15, 0.2) is 0 Å². The zero-order chi connectivity index (χ0) is 27.2. The van der Waals surface area contributed by atoms with Crippen LogP contribution in [0.1, 0.15) is 35.6 Å². The third-order valence-electron chi connectivity index (χ3n) is 6.83. The minimum Gasteiger partial charge on any atom is -0.494 e. The molecule has 0 radical (unpaired) electrons. The molecule has 0 amide bonds. The third-order valence-corrected chi connectivity index (χ3v) is 7.53. The van der Waals surface area contributed by atoms with Gasteiger partial charge in [0.25, 0.3) is 0 Å². The fourth-order valence-electron chi connectivity index (χ4n) is 5.03. The van der Waals surface area contributed by atoms with Crippen molar-refractivity contribution in [3.05, 3.63) is 101 Å².